The highest BCUT2D eigenvalue weighted by Gasteiger charge is 2.75. The van der Waals surface area contributed by atoms with E-state index >= 15 is 0 Å². The van der Waals surface area contributed by atoms with E-state index in [0.29, 0.717) is 0 Å². The normalized spacial score (nSPS) is 36.8. The average Bonchev–Trinajstić information content (AvgIpc) is 3.84. The number of aliphatic hydroxyl groups excluding tert-OH is 6. The summed E-state index contributed by atoms with van der Waals surface area (Å²) in [5, 5.41) is 78.8. The molecule has 3 fully saturated rings. The lowest BCUT2D eigenvalue weighted by molar-refractivity contribution is -0.371. The van der Waals surface area contributed by atoms with E-state index in [4.69, 9.17) is 39.2 Å². The Balaban J connectivity index is 1.31. The summed E-state index contributed by atoms with van der Waals surface area (Å²) in [5.41, 5.74) is 3.05. The summed E-state index contributed by atoms with van der Waals surface area (Å²) in [6.45, 7) is -4.64. The molecule has 2 aromatic heterocycles. The van der Waals surface area contributed by atoms with E-state index in [2.05, 4.69) is 23.8 Å². The van der Waals surface area contributed by atoms with Crippen molar-refractivity contribution in [1.82, 2.24) is 24.4 Å². The number of hydrogen-bond donors (Lipinski definition) is 15. The van der Waals surface area contributed by atoms with Gasteiger partial charge in [0.15, 0.2) is 41.4 Å². The molecule has 0 spiro atoms. The Labute approximate surface area is 356 Å². The zero-order valence-corrected chi connectivity index (χ0v) is 35.4. The van der Waals surface area contributed by atoms with Gasteiger partial charge in [0.25, 0.3) is 0 Å². The number of carbonyl (C=O) groups excluding carboxylic acids is 1. The summed E-state index contributed by atoms with van der Waals surface area (Å²) < 4.78 is 90.2. The highest BCUT2D eigenvalue weighted by atomic mass is 31.3. The fourth-order valence-corrected chi connectivity index (χ4v) is 10.2. The number of allylic oxidation sites excluding steroid dienone is 1. The van der Waals surface area contributed by atoms with Gasteiger partial charge in [0.2, 0.25) is 5.91 Å². The molecule has 0 radical (unpaired) electrons. The topological polar surface area (TPSA) is 521 Å². The minimum absolute atomic E-state index is 0.0740. The zero-order chi connectivity index (χ0) is 47.5. The van der Waals surface area contributed by atoms with Crippen molar-refractivity contribution in [2.45, 2.75) is 85.2 Å². The number of hydrogen-bond acceptors (Lipinski definition) is 25. The summed E-state index contributed by atoms with van der Waals surface area (Å²) in [7, 11) is -23.4. The molecule has 0 bridgehead atoms. The second-order valence-corrected chi connectivity index (χ2v) is 19.7. The molecule has 0 aliphatic carbocycles. The van der Waals surface area contributed by atoms with Gasteiger partial charge in [0.1, 0.15) is 60.7 Å². The maximum atomic E-state index is 13.4. The highest BCUT2D eigenvalue weighted by Crippen LogP contribution is 2.62. The Hall–Kier alpha value is -2.82. The van der Waals surface area contributed by atoms with Crippen molar-refractivity contribution < 1.29 is 125 Å². The number of ether oxygens (including phenoxy) is 3. The van der Waals surface area contributed by atoms with Crippen LogP contribution in [0.3, 0.4) is 0 Å². The number of primary amides is 1. The lowest BCUT2D eigenvalue weighted by atomic mass is 9.69. The molecule has 2 aromatic rings. The number of amides is 1. The van der Waals surface area contributed by atoms with Crippen LogP contribution in [0.15, 0.2) is 36.7 Å². The number of rotatable bonds is 17. The average molecular weight is 1000 g/mol. The van der Waals surface area contributed by atoms with Crippen LogP contribution in [-0.2, 0) is 59.7 Å². The Morgan fingerprint density at radius 1 is 0.828 bits per heavy atom. The molecule has 15 atom stereocenters. The van der Waals surface area contributed by atoms with Crippen molar-refractivity contribution in [2.24, 2.45) is 5.73 Å². The molecular formula is C27H41N7O26P4. The molecule has 3 saturated heterocycles. The van der Waals surface area contributed by atoms with Gasteiger partial charge in [-0.25, -0.2) is 33.2 Å². The monoisotopic (exact) mass is 1000 g/mol. The second-order valence-electron chi connectivity index (χ2n) is 14.2. The number of nitrogen functional groups attached to an aromatic ring is 1. The standard InChI is InChI=1S/C27H41N7O26P4/c28-20-13-22(31-8-30-20)34(9-32-13)24-16(59-62(46,47)48)18(38)26(58-24,27(42)17(37)12(6-53-61(43,44)45)57-25(41)19(27)39)7-55-64(51,52)60-63(49,50)54-5-11-14(35)15(36)23(56-11)33-3-1-2-10(4-33)21(29)40/h1,3-4,8-9,11-12,14-19,23-25,35-39,41-42H,2,5-7H2,(H2,29,40)(H,49,50)(H,51,52)(H2,28,30,31)(H2,43,44,45)(H2,46,47,48)/t11-,12-,14-,15-,16-,17+,18-,19+,23-,24-,25+,26-,27+/m1/s1. The summed E-state index contributed by atoms with van der Waals surface area (Å²) in [6, 6.07) is 0. The van der Waals surface area contributed by atoms with Gasteiger partial charge in [0, 0.05) is 18.0 Å². The lowest BCUT2D eigenvalue weighted by Crippen LogP contribution is -2.79. The first-order valence-electron chi connectivity index (χ1n) is 17.8. The SMILES string of the molecule is NC(=O)C1=CN([C@@H]2O[C@H](COP(=O)(O)OP(=O)(O)OC[C@@]3([C@@]4(O)[C@@H](O)[C@@H](O)O[C@H](COP(=O)(O)O)[C@@H]4O)O[C@@H](n4cnc5c(N)ncnc54)[C@H](OP(=O)(O)O)[C@H]3O)[C@@H](O)[C@H]2O)C=CC1. The van der Waals surface area contributed by atoms with Gasteiger partial charge in [-0.3, -0.25) is 27.5 Å². The van der Waals surface area contributed by atoms with Gasteiger partial charge < -0.3 is 95.7 Å². The first-order chi connectivity index (χ1) is 29.5. The molecule has 33 nitrogen and oxygen atoms in total. The molecule has 17 N–H and O–H groups in total. The van der Waals surface area contributed by atoms with E-state index in [1.807, 2.05) is 0 Å². The number of imidazole rings is 1. The van der Waals surface area contributed by atoms with Crippen LogP contribution < -0.4 is 11.5 Å². The predicted molar refractivity (Wildman–Crippen MR) is 198 cm³/mol. The maximum absolute atomic E-state index is 13.4. The summed E-state index contributed by atoms with van der Waals surface area (Å²) in [6.07, 6.45) is -20.0. The Morgan fingerprint density at radius 3 is 2.12 bits per heavy atom. The third kappa shape index (κ3) is 10.2. The molecule has 1 amide bonds. The van der Waals surface area contributed by atoms with Crippen LogP contribution in [0.25, 0.3) is 11.2 Å². The minimum Gasteiger partial charge on any atom is -0.387 e. The Morgan fingerprint density at radius 2 is 1.48 bits per heavy atom. The number of carbonyl (C=O) groups is 1. The fourth-order valence-electron chi connectivity index (χ4n) is 7.22. The first kappa shape index (κ1) is 50.6. The van der Waals surface area contributed by atoms with Crippen molar-refractivity contribution in [3.05, 3.63) is 36.7 Å². The highest BCUT2D eigenvalue weighted by molar-refractivity contribution is 7.61. The van der Waals surface area contributed by atoms with Crippen LogP contribution in [0.1, 0.15) is 12.6 Å². The number of nitrogens with zero attached hydrogens (tertiary/aromatic N) is 5. The molecular weight excluding hydrogens is 962 g/mol. The summed E-state index contributed by atoms with van der Waals surface area (Å²) in [4.78, 5) is 83.8. The molecule has 0 aromatic carbocycles. The van der Waals surface area contributed by atoms with Crippen molar-refractivity contribution >= 4 is 54.2 Å². The molecule has 4 aliphatic rings. The number of aromatic nitrogens is 4. The molecule has 4 aliphatic heterocycles. The lowest BCUT2D eigenvalue weighted by Gasteiger charge is -2.55. The maximum Gasteiger partial charge on any atom is 0.481 e. The van der Waals surface area contributed by atoms with E-state index in [1.54, 1.807) is 0 Å². The molecule has 64 heavy (non-hydrogen) atoms. The zero-order valence-electron chi connectivity index (χ0n) is 31.9. The second kappa shape index (κ2) is 18.3. The number of anilines is 1. The van der Waals surface area contributed by atoms with E-state index in [1.165, 1.54) is 18.5 Å². The van der Waals surface area contributed by atoms with Crippen LogP contribution in [0, 0.1) is 0 Å². The van der Waals surface area contributed by atoms with Gasteiger partial charge >= 0.3 is 31.3 Å². The van der Waals surface area contributed by atoms with Crippen LogP contribution in [0.5, 0.6) is 0 Å². The van der Waals surface area contributed by atoms with Crippen LogP contribution >= 0.6 is 31.3 Å². The van der Waals surface area contributed by atoms with Crippen molar-refractivity contribution in [3.8, 4) is 0 Å². The molecule has 37 heteroatoms. The van der Waals surface area contributed by atoms with Crippen molar-refractivity contribution in [2.75, 3.05) is 25.6 Å². The number of nitrogens with two attached hydrogens (primary N) is 2. The smallest absolute Gasteiger partial charge is 0.387 e. The molecule has 0 saturated carbocycles. The van der Waals surface area contributed by atoms with E-state index in [9.17, 15) is 88.2 Å². The van der Waals surface area contributed by atoms with Crippen LogP contribution in [0.4, 0.5) is 5.82 Å². The summed E-state index contributed by atoms with van der Waals surface area (Å²) in [5.74, 6) is -1.12. The molecule has 6 heterocycles. The molecule has 6 rings (SSSR count). The largest absolute Gasteiger partial charge is 0.481 e. The van der Waals surface area contributed by atoms with E-state index < -0.39 is 136 Å². The van der Waals surface area contributed by atoms with E-state index in [0.717, 1.165) is 22.1 Å². The number of phosphoric ester groups is 4. The minimum atomic E-state index is -6.24. The number of fused-ring (bicyclic) bond motifs is 1. The van der Waals surface area contributed by atoms with Gasteiger partial charge in [-0.05, 0) is 6.42 Å². The number of phosphoric acid groups is 4. The third-order valence-electron chi connectivity index (χ3n) is 10.2. The van der Waals surface area contributed by atoms with Crippen LogP contribution in [0.2, 0.25) is 0 Å². The van der Waals surface area contributed by atoms with E-state index in [-0.39, 0.29) is 29.0 Å². The third-order valence-corrected chi connectivity index (χ3v) is 13.7. The fraction of sp³-hybridized carbons (Fsp3) is 0.630. The van der Waals surface area contributed by atoms with Crippen molar-refractivity contribution in [1.29, 1.82) is 0 Å². The summed E-state index contributed by atoms with van der Waals surface area (Å²) >= 11 is 0. The van der Waals surface area contributed by atoms with Crippen LogP contribution in [-0.4, -0.2) is 188 Å². The molecule has 360 valence electrons. The Kier molecular flexibility index (Phi) is 14.5. The van der Waals surface area contributed by atoms with Gasteiger partial charge in [-0.2, -0.15) is 4.31 Å². The van der Waals surface area contributed by atoms with Gasteiger partial charge in [-0.1, -0.05) is 6.08 Å². The Bertz CT molecular complexity index is 2330. The van der Waals surface area contributed by atoms with Crippen molar-refractivity contribution in [3.63, 3.8) is 0 Å². The first-order valence-corrected chi connectivity index (χ1v) is 23.8. The molecule has 2 unspecified atom stereocenters. The quantitative estimate of drug-likeness (QED) is 0.0656. The number of aliphatic hydroxyl groups is 7. The van der Waals surface area contributed by atoms with Gasteiger partial charge in [-0.15, -0.1) is 0 Å². The van der Waals surface area contributed by atoms with Gasteiger partial charge in [0.05, 0.1) is 26.1 Å². The predicted octanol–water partition coefficient (Wildman–Crippen LogP) is -5.92.